The molecule has 0 fully saturated rings. The minimum atomic E-state index is 1.01. The van der Waals surface area contributed by atoms with Gasteiger partial charge < -0.3 is 4.98 Å². The molecule has 1 aromatic heterocycles. The van der Waals surface area contributed by atoms with Gasteiger partial charge in [-0.15, -0.1) is 0 Å². The maximum Gasteiger partial charge on any atom is 0.138 e. The fourth-order valence-electron chi connectivity index (χ4n) is 11.1. The van der Waals surface area contributed by atoms with Crippen LogP contribution in [0.3, 0.4) is 0 Å². The Labute approximate surface area is 441 Å². The number of imidazole rings is 1. The van der Waals surface area contributed by atoms with Crippen molar-refractivity contribution in [2.75, 3.05) is 0 Å². The zero-order chi connectivity index (χ0) is 50.1. The molecule has 0 amide bonds. The van der Waals surface area contributed by atoms with E-state index in [-0.39, 0.29) is 0 Å². The van der Waals surface area contributed by atoms with E-state index in [0.717, 1.165) is 17.2 Å². The molecule has 0 radical (unpaired) electrons. The van der Waals surface area contributed by atoms with Crippen molar-refractivity contribution in [1.82, 2.24) is 9.97 Å². The number of hydrogen-bond acceptors (Lipinski definition) is 1. The van der Waals surface area contributed by atoms with Crippen LogP contribution >= 0.6 is 0 Å². The van der Waals surface area contributed by atoms with Crippen molar-refractivity contribution in [2.45, 2.75) is 310 Å². The predicted octanol–water partition coefficient (Wildman–Crippen LogP) is 23.3. The maximum absolute atomic E-state index is 5.51. The number of nitrogens with one attached hydrogen (secondary N) is 1. The van der Waals surface area contributed by atoms with Crippen molar-refractivity contribution in [3.05, 3.63) is 89.0 Å². The van der Waals surface area contributed by atoms with Gasteiger partial charge in [0.15, 0.2) is 0 Å². The molecule has 4 rings (SSSR count). The van der Waals surface area contributed by atoms with E-state index >= 15 is 0 Å². The van der Waals surface area contributed by atoms with Crippen molar-refractivity contribution in [3.63, 3.8) is 0 Å². The number of nitrogens with zero attached hydrogens (tertiary/aromatic N) is 1. The highest BCUT2D eigenvalue weighted by molar-refractivity contribution is 5.81. The summed E-state index contributed by atoms with van der Waals surface area (Å²) in [4.78, 5) is 9.45. The van der Waals surface area contributed by atoms with Crippen LogP contribution in [-0.4, -0.2) is 9.97 Å². The summed E-state index contributed by atoms with van der Waals surface area (Å²) < 4.78 is 0. The fourth-order valence-corrected chi connectivity index (χ4v) is 11.1. The van der Waals surface area contributed by atoms with Crippen LogP contribution in [0.5, 0.6) is 0 Å². The Bertz CT molecular complexity index is 1730. The summed E-state index contributed by atoms with van der Waals surface area (Å²) in [5.41, 5.74) is 12.0. The van der Waals surface area contributed by atoms with Gasteiger partial charge in [0.05, 0.1) is 11.4 Å². The highest BCUT2D eigenvalue weighted by atomic mass is 14.9. The van der Waals surface area contributed by atoms with Gasteiger partial charge in [0.1, 0.15) is 5.82 Å². The molecule has 3 aromatic carbocycles. The molecule has 4 aromatic rings. The van der Waals surface area contributed by atoms with Crippen molar-refractivity contribution >= 4 is 0 Å². The average Bonchev–Trinajstić information content (AvgIpc) is 3.85. The molecule has 71 heavy (non-hydrogen) atoms. The second-order valence-electron chi connectivity index (χ2n) is 22.4. The Morgan fingerprint density at radius 2 is 0.577 bits per heavy atom. The van der Waals surface area contributed by atoms with Gasteiger partial charge in [-0.1, -0.05) is 320 Å². The van der Waals surface area contributed by atoms with E-state index < -0.39 is 0 Å². The number of hydrogen-bond donors (Lipinski definition) is 1. The van der Waals surface area contributed by atoms with Gasteiger partial charge in [-0.3, -0.25) is 0 Å². The largest absolute Gasteiger partial charge is 0.337 e. The molecule has 1 heterocycles. The topological polar surface area (TPSA) is 28.7 Å². The second kappa shape index (κ2) is 41.2. The van der Waals surface area contributed by atoms with Gasteiger partial charge >= 0.3 is 0 Å². The molecular weight excluding hydrogens is 857 g/mol. The highest BCUT2D eigenvalue weighted by Gasteiger charge is 2.17. The third-order valence-electron chi connectivity index (χ3n) is 15.9. The smallest absolute Gasteiger partial charge is 0.138 e. The number of unbranched alkanes of at least 4 members (excludes halogenated alkanes) is 36. The Kier molecular flexibility index (Phi) is 35.1. The number of aryl methyl sites for hydroxylation is 4. The molecule has 0 bridgehead atoms. The fraction of sp³-hybridized carbons (Fsp3) is 0.696. The average molecular weight is 970 g/mol. The summed E-state index contributed by atoms with van der Waals surface area (Å²) in [7, 11) is 0. The Morgan fingerprint density at radius 1 is 0.282 bits per heavy atom. The first kappa shape index (κ1) is 60.4. The van der Waals surface area contributed by atoms with Crippen LogP contribution in [0.2, 0.25) is 0 Å². The summed E-state index contributed by atoms with van der Waals surface area (Å²) in [6, 6.07) is 26.3. The van der Waals surface area contributed by atoms with Crippen LogP contribution in [0.4, 0.5) is 0 Å². The lowest BCUT2D eigenvalue weighted by Crippen LogP contribution is -1.97. The van der Waals surface area contributed by atoms with E-state index in [1.165, 1.54) is 310 Å². The van der Waals surface area contributed by atoms with Crippen LogP contribution in [0, 0.1) is 0 Å². The van der Waals surface area contributed by atoms with Gasteiger partial charge in [-0.05, 0) is 79.7 Å². The summed E-state index contributed by atoms with van der Waals surface area (Å²) in [6.07, 6.45) is 60.2. The van der Waals surface area contributed by atoms with Crippen LogP contribution < -0.4 is 0 Å². The molecule has 0 saturated heterocycles. The number of aromatic amines is 1. The molecule has 0 spiro atoms. The van der Waals surface area contributed by atoms with Crippen LogP contribution in [-0.2, 0) is 25.7 Å². The van der Waals surface area contributed by atoms with Crippen LogP contribution in [0.25, 0.3) is 33.9 Å². The number of aromatic nitrogens is 2. The number of H-pyrrole nitrogens is 1. The lowest BCUT2D eigenvalue weighted by atomic mass is 9.94. The third-order valence-corrected chi connectivity index (χ3v) is 15.9. The van der Waals surface area contributed by atoms with E-state index in [0.29, 0.717) is 0 Å². The molecular formula is C69H112N2. The lowest BCUT2D eigenvalue weighted by Gasteiger charge is -2.12. The predicted molar refractivity (Wildman–Crippen MR) is 317 cm³/mol. The van der Waals surface area contributed by atoms with E-state index in [1.807, 2.05) is 0 Å². The third kappa shape index (κ3) is 27.1. The van der Waals surface area contributed by atoms with Gasteiger partial charge in [0, 0.05) is 16.7 Å². The van der Waals surface area contributed by atoms with E-state index in [4.69, 9.17) is 4.98 Å². The first-order chi connectivity index (χ1) is 35.2. The number of rotatable bonds is 47. The molecule has 0 aliphatic rings. The molecule has 0 aliphatic heterocycles. The summed E-state index contributed by atoms with van der Waals surface area (Å²) in [5, 5.41) is 0. The van der Waals surface area contributed by atoms with E-state index in [9.17, 15) is 0 Å². The quantitative estimate of drug-likeness (QED) is 0.0439. The second-order valence-corrected chi connectivity index (χ2v) is 22.4. The Hall–Kier alpha value is -3.13. The van der Waals surface area contributed by atoms with Gasteiger partial charge in [0.2, 0.25) is 0 Å². The van der Waals surface area contributed by atoms with E-state index in [1.54, 1.807) is 11.1 Å². The lowest BCUT2D eigenvalue weighted by molar-refractivity contribution is 0.553. The van der Waals surface area contributed by atoms with Crippen LogP contribution in [0.15, 0.2) is 66.7 Å². The van der Waals surface area contributed by atoms with Crippen molar-refractivity contribution in [2.24, 2.45) is 0 Å². The van der Waals surface area contributed by atoms with Crippen molar-refractivity contribution in [1.29, 1.82) is 0 Å². The minimum Gasteiger partial charge on any atom is -0.337 e. The molecule has 0 aliphatic carbocycles. The zero-order valence-corrected chi connectivity index (χ0v) is 47.4. The van der Waals surface area contributed by atoms with Crippen molar-refractivity contribution in [3.8, 4) is 33.9 Å². The molecule has 398 valence electrons. The molecule has 2 heteroatoms. The SMILES string of the molecule is CCCCCCCCCCCCc1ccc(-c2nc(-c3ccc(CCCCCCCCCCCC)c(CCCCCCCCCCCC)c3)[nH]c2-c2ccc(CCCCCCCCCCCC)cc2)cc1. The van der Waals surface area contributed by atoms with Crippen LogP contribution in [0.1, 0.15) is 307 Å². The molecule has 0 atom stereocenters. The Balaban J connectivity index is 1.45. The first-order valence-electron chi connectivity index (χ1n) is 31.6. The first-order valence-corrected chi connectivity index (χ1v) is 31.6. The molecule has 0 saturated carbocycles. The maximum atomic E-state index is 5.51. The van der Waals surface area contributed by atoms with Gasteiger partial charge in [0.25, 0.3) is 0 Å². The monoisotopic (exact) mass is 969 g/mol. The standard InChI is InChI=1S/C69H112N2/c1-5-9-13-17-21-25-29-33-37-41-45-60-49-53-63(54-50-60)67-68(64-55-51-61(52-56-64)46-42-38-34-30-26-22-18-14-10-6-2)71-69(70-67)66-58-57-62(47-43-39-35-31-27-23-19-15-11-7-3)65(59-66)48-44-40-36-32-28-24-20-16-12-8-4/h49-59H,5-48H2,1-4H3,(H,70,71). The highest BCUT2D eigenvalue weighted by Crippen LogP contribution is 2.35. The summed E-state index contributed by atoms with van der Waals surface area (Å²) >= 11 is 0. The van der Waals surface area contributed by atoms with E-state index in [2.05, 4.69) is 99.4 Å². The molecule has 0 unspecified atom stereocenters. The summed E-state index contributed by atoms with van der Waals surface area (Å²) in [6.45, 7) is 9.25. The normalized spacial score (nSPS) is 11.6. The van der Waals surface area contributed by atoms with Gasteiger partial charge in [-0.25, -0.2) is 4.98 Å². The minimum absolute atomic E-state index is 1.01. The molecule has 2 nitrogen and oxygen atoms in total. The summed E-state index contributed by atoms with van der Waals surface area (Å²) in [5.74, 6) is 1.01. The van der Waals surface area contributed by atoms with Gasteiger partial charge in [-0.2, -0.15) is 0 Å². The zero-order valence-electron chi connectivity index (χ0n) is 47.4. The molecule has 1 N–H and O–H groups in total. The Morgan fingerprint density at radius 3 is 0.944 bits per heavy atom. The number of benzene rings is 3. The van der Waals surface area contributed by atoms with Crippen molar-refractivity contribution < 1.29 is 0 Å².